The first-order valence-electron chi connectivity index (χ1n) is 21.9. The zero-order chi connectivity index (χ0) is 70.4. The SMILES string of the molecule is CC(CN=Cc1cccc(C(F)(F)C(F)(F)C(F)(F)C(F)(F)C(F)(F)C(F)(F)F)c1O)(CN=Cc1cccc(C(F)(F)C(F)(F)C(F)(F)C(F)(F)C(F)(F)C(F)(F)F)c1O)CN=Cc1cccc(C(F)(F)C(F)(F)C(F)(F)C(F)(F)C(F)(F)C(F)(F)F)c1O. The van der Waals surface area contributed by atoms with E-state index < -0.39 is 201 Å². The number of aliphatic imine (C=N–C) groups is 3. The first-order chi connectivity index (χ1) is 39.1. The number of hydrogen-bond donors (Lipinski definition) is 3. The number of benzene rings is 3. The van der Waals surface area contributed by atoms with Gasteiger partial charge in [0.15, 0.2) is 0 Å². The molecular formula is C44H24F39N3O3. The van der Waals surface area contributed by atoms with Crippen molar-refractivity contribution in [2.45, 2.75) is 114 Å². The van der Waals surface area contributed by atoms with E-state index in [4.69, 9.17) is 0 Å². The maximum atomic E-state index is 15.1. The second-order valence-electron chi connectivity index (χ2n) is 18.6. The van der Waals surface area contributed by atoms with E-state index in [2.05, 4.69) is 15.0 Å². The Morgan fingerprint density at radius 2 is 0.438 bits per heavy atom. The van der Waals surface area contributed by atoms with Crippen LogP contribution in [-0.2, 0) is 17.8 Å². The van der Waals surface area contributed by atoms with E-state index in [9.17, 15) is 160 Å². The molecular weight excluding hydrogens is 1360 g/mol. The van der Waals surface area contributed by atoms with E-state index >= 15 is 26.3 Å². The molecule has 0 fully saturated rings. The molecule has 3 N–H and O–H groups in total. The van der Waals surface area contributed by atoms with Crippen molar-refractivity contribution in [3.63, 3.8) is 0 Å². The van der Waals surface area contributed by atoms with Gasteiger partial charge in [0.2, 0.25) is 0 Å². The molecule has 3 rings (SSSR count). The maximum Gasteiger partial charge on any atom is 0.460 e. The van der Waals surface area contributed by atoms with Gasteiger partial charge in [-0.2, -0.15) is 171 Å². The number of phenols is 3. The van der Waals surface area contributed by atoms with Gasteiger partial charge in [0.05, 0.1) is 16.7 Å². The predicted octanol–water partition coefficient (Wildman–Crippen LogP) is 17.1. The molecule has 0 bridgehead atoms. The number of nitrogens with zero attached hydrogens (tertiary/aromatic N) is 3. The van der Waals surface area contributed by atoms with Crippen molar-refractivity contribution in [2.24, 2.45) is 20.4 Å². The summed E-state index contributed by atoms with van der Waals surface area (Å²) in [6.45, 7) is -3.69. The summed E-state index contributed by atoms with van der Waals surface area (Å²) in [6, 6.07) is -1.31. The minimum absolute atomic E-state index is 0.0380. The number of para-hydroxylation sites is 3. The summed E-state index contributed by atoms with van der Waals surface area (Å²) in [5.74, 6) is -129. The standard InChI is InChI=1S/C44H24F39N3O3/c1-26(14-84-11-17-5-2-8-20(23(17)87)27(45,46)30(51,52)33(57,58)36(63,64)39(69,70)42(75,76)77,15-85-12-18-6-3-9-21(24(18)88)28(47,48)31(53,54)34(59,60)37(65,66)40(71,72)43(78,79)80)16-86-13-19-7-4-10-22(25(19)89)29(49,50)32(55,56)35(61,62)38(67,68)41(73,74)44(81,82)83/h2-13,87-89H,14-16H2,1H3. The van der Waals surface area contributed by atoms with E-state index in [1.165, 1.54) is 0 Å². The molecule has 0 heterocycles. The minimum atomic E-state index is -8.47. The lowest BCUT2D eigenvalue weighted by Gasteiger charge is -2.39. The fourth-order valence-corrected chi connectivity index (χ4v) is 6.82. The lowest BCUT2D eigenvalue weighted by Crippen LogP contribution is -2.69. The number of halogens is 39. The molecule has 6 nitrogen and oxygen atoms in total. The quantitative estimate of drug-likeness (QED) is 0.0616. The van der Waals surface area contributed by atoms with Crippen LogP contribution < -0.4 is 0 Å². The zero-order valence-electron chi connectivity index (χ0n) is 41.5. The fraction of sp³-hybridized carbons (Fsp3) is 0.523. The van der Waals surface area contributed by atoms with Crippen molar-refractivity contribution in [1.29, 1.82) is 0 Å². The van der Waals surface area contributed by atoms with Gasteiger partial charge in [0.25, 0.3) is 0 Å². The average Bonchev–Trinajstić information content (AvgIpc) is 0.721. The van der Waals surface area contributed by atoms with Gasteiger partial charge < -0.3 is 15.3 Å². The Hall–Kier alpha value is -6.66. The summed E-state index contributed by atoms with van der Waals surface area (Å²) in [7, 11) is 0. The molecule has 0 aliphatic carbocycles. The Labute approximate surface area is 465 Å². The average molecular weight is 1380 g/mol. The van der Waals surface area contributed by atoms with Crippen LogP contribution in [0.3, 0.4) is 0 Å². The molecule has 0 aliphatic heterocycles. The summed E-state index contributed by atoms with van der Waals surface area (Å²) in [5.41, 5.74) is -16.3. The molecule has 0 aromatic heterocycles. The van der Waals surface area contributed by atoms with Crippen molar-refractivity contribution >= 4 is 18.6 Å². The first kappa shape index (κ1) is 76.6. The smallest absolute Gasteiger partial charge is 0.460 e. The number of aromatic hydroxyl groups is 3. The minimum Gasteiger partial charge on any atom is -0.507 e. The van der Waals surface area contributed by atoms with E-state index in [0.29, 0.717) is 6.92 Å². The van der Waals surface area contributed by atoms with Gasteiger partial charge in [0, 0.05) is 60.4 Å². The highest BCUT2D eigenvalue weighted by Crippen LogP contribution is 2.66. The van der Waals surface area contributed by atoms with E-state index in [1.807, 2.05) is 0 Å². The third-order valence-corrected chi connectivity index (χ3v) is 12.1. The Kier molecular flexibility index (Phi) is 19.5. The predicted molar refractivity (Wildman–Crippen MR) is 219 cm³/mol. The zero-order valence-corrected chi connectivity index (χ0v) is 41.5. The van der Waals surface area contributed by atoms with E-state index in [0.717, 1.165) is 0 Å². The topological polar surface area (TPSA) is 97.8 Å². The van der Waals surface area contributed by atoms with E-state index in [-0.39, 0.29) is 55.0 Å². The van der Waals surface area contributed by atoms with Crippen molar-refractivity contribution < 1.29 is 187 Å². The second kappa shape index (κ2) is 22.6. The first-order valence-corrected chi connectivity index (χ1v) is 21.9. The second-order valence-corrected chi connectivity index (χ2v) is 18.6. The molecule has 0 spiro atoms. The molecule has 0 unspecified atom stereocenters. The van der Waals surface area contributed by atoms with Crippen LogP contribution in [-0.4, -0.2) is 143 Å². The summed E-state index contributed by atoms with van der Waals surface area (Å²) in [6.07, 6.45) is -24.0. The largest absolute Gasteiger partial charge is 0.507 e. The number of phenolic OH excluding ortho intramolecular Hbond substituents is 3. The van der Waals surface area contributed by atoms with Crippen molar-refractivity contribution in [3.05, 3.63) is 88.0 Å². The molecule has 506 valence electrons. The van der Waals surface area contributed by atoms with Crippen LogP contribution in [0.25, 0.3) is 0 Å². The molecule has 0 amide bonds. The van der Waals surface area contributed by atoms with Gasteiger partial charge in [-0.3, -0.25) is 15.0 Å². The lowest BCUT2D eigenvalue weighted by atomic mass is 9.89. The van der Waals surface area contributed by atoms with Crippen LogP contribution in [0, 0.1) is 5.41 Å². The summed E-state index contributed by atoms with van der Waals surface area (Å²) in [5, 5.41) is 31.1. The summed E-state index contributed by atoms with van der Waals surface area (Å²) < 4.78 is 541. The Balaban J connectivity index is 2.26. The molecule has 0 saturated carbocycles. The van der Waals surface area contributed by atoms with Crippen LogP contribution in [0.15, 0.2) is 69.6 Å². The highest BCUT2D eigenvalue weighted by Gasteiger charge is 2.94. The highest BCUT2D eigenvalue weighted by atomic mass is 19.5. The molecule has 3 aromatic carbocycles. The molecule has 3 aromatic rings. The Morgan fingerprint density at radius 3 is 0.607 bits per heavy atom. The Morgan fingerprint density at radius 1 is 0.270 bits per heavy atom. The summed E-state index contributed by atoms with van der Waals surface area (Å²) in [4.78, 5) is 10.1. The van der Waals surface area contributed by atoms with Crippen LogP contribution in [0.2, 0.25) is 0 Å². The molecule has 45 heteroatoms. The maximum absolute atomic E-state index is 15.1. The van der Waals surface area contributed by atoms with E-state index in [1.54, 1.807) is 0 Å². The van der Waals surface area contributed by atoms with Crippen molar-refractivity contribution in [1.82, 2.24) is 0 Å². The fourth-order valence-electron chi connectivity index (χ4n) is 6.82. The van der Waals surface area contributed by atoms with Gasteiger partial charge in [-0.05, 0) is 36.4 Å². The van der Waals surface area contributed by atoms with Crippen LogP contribution in [0.4, 0.5) is 171 Å². The Bertz CT molecular complexity index is 2810. The van der Waals surface area contributed by atoms with Gasteiger partial charge in [0.1, 0.15) is 17.2 Å². The van der Waals surface area contributed by atoms with Crippen LogP contribution in [0.1, 0.15) is 40.3 Å². The molecule has 0 saturated heterocycles. The van der Waals surface area contributed by atoms with Crippen molar-refractivity contribution in [3.8, 4) is 17.2 Å². The summed E-state index contributed by atoms with van der Waals surface area (Å²) >= 11 is 0. The molecule has 0 radical (unpaired) electrons. The molecule has 0 aliphatic rings. The molecule has 0 atom stereocenters. The van der Waals surface area contributed by atoms with Gasteiger partial charge >= 0.3 is 107 Å². The highest BCUT2D eigenvalue weighted by molar-refractivity contribution is 5.86. The number of hydrogen-bond acceptors (Lipinski definition) is 6. The van der Waals surface area contributed by atoms with Crippen molar-refractivity contribution in [2.75, 3.05) is 19.6 Å². The molecule has 89 heavy (non-hydrogen) atoms. The third kappa shape index (κ3) is 11.7. The van der Waals surface area contributed by atoms with Gasteiger partial charge in [-0.1, -0.05) is 25.1 Å². The van der Waals surface area contributed by atoms with Crippen LogP contribution in [0.5, 0.6) is 17.2 Å². The number of alkyl halides is 39. The number of rotatable bonds is 24. The lowest BCUT2D eigenvalue weighted by molar-refractivity contribution is -0.441. The van der Waals surface area contributed by atoms with Crippen LogP contribution >= 0.6 is 0 Å². The monoisotopic (exact) mass is 1380 g/mol. The third-order valence-electron chi connectivity index (χ3n) is 12.1. The van der Waals surface area contributed by atoms with Gasteiger partial charge in [-0.25, -0.2) is 0 Å². The van der Waals surface area contributed by atoms with Gasteiger partial charge in [-0.15, -0.1) is 0 Å². The normalized spacial score (nSPS) is 16.3.